The summed E-state index contributed by atoms with van der Waals surface area (Å²) in [5, 5.41) is 0. The van der Waals surface area contributed by atoms with Gasteiger partial charge < -0.3 is 10.5 Å². The molecule has 16 heavy (non-hydrogen) atoms. The molecule has 0 heterocycles. The summed E-state index contributed by atoms with van der Waals surface area (Å²) in [5.41, 5.74) is 8.25. The standard InChI is InChI=1S/C12H18INO.ClH/c1-12(2,3)9-5-8(7-14)11(15-4)10(13)6-9;/h5-6H,7,14H2,1-4H3;1H. The van der Waals surface area contributed by atoms with E-state index in [9.17, 15) is 0 Å². The molecule has 0 saturated heterocycles. The van der Waals surface area contributed by atoms with Gasteiger partial charge in [-0.15, -0.1) is 12.4 Å². The molecule has 0 fully saturated rings. The number of ether oxygens (including phenoxy) is 1. The van der Waals surface area contributed by atoms with Crippen molar-refractivity contribution in [3.8, 4) is 5.75 Å². The molecule has 0 amide bonds. The maximum Gasteiger partial charge on any atom is 0.136 e. The number of rotatable bonds is 2. The first kappa shape index (κ1) is 16.0. The van der Waals surface area contributed by atoms with Gasteiger partial charge in [-0.1, -0.05) is 26.8 Å². The van der Waals surface area contributed by atoms with Gasteiger partial charge in [0.15, 0.2) is 0 Å². The van der Waals surface area contributed by atoms with Crippen molar-refractivity contribution in [1.82, 2.24) is 0 Å². The third kappa shape index (κ3) is 3.50. The summed E-state index contributed by atoms with van der Waals surface area (Å²) < 4.78 is 6.47. The maximum absolute atomic E-state index is 5.72. The van der Waals surface area contributed by atoms with Crippen LogP contribution in [0.1, 0.15) is 31.9 Å². The predicted octanol–water partition coefficient (Wildman–Crippen LogP) is 3.48. The Kier molecular flexibility index (Phi) is 6.07. The number of hydrogen-bond acceptors (Lipinski definition) is 2. The highest BCUT2D eigenvalue weighted by Crippen LogP contribution is 2.32. The van der Waals surface area contributed by atoms with Crippen LogP contribution in [0.15, 0.2) is 12.1 Å². The molecule has 2 nitrogen and oxygen atoms in total. The highest BCUT2D eigenvalue weighted by Gasteiger charge is 2.17. The van der Waals surface area contributed by atoms with Crippen LogP contribution < -0.4 is 10.5 Å². The van der Waals surface area contributed by atoms with Crippen LogP contribution in [0.2, 0.25) is 0 Å². The predicted molar refractivity (Wildman–Crippen MR) is 79.6 cm³/mol. The van der Waals surface area contributed by atoms with Gasteiger partial charge in [-0.2, -0.15) is 0 Å². The van der Waals surface area contributed by atoms with E-state index >= 15 is 0 Å². The van der Waals surface area contributed by atoms with E-state index in [4.69, 9.17) is 10.5 Å². The average molecular weight is 356 g/mol. The third-order valence-electron chi connectivity index (χ3n) is 2.41. The van der Waals surface area contributed by atoms with Crippen LogP contribution in [0.25, 0.3) is 0 Å². The van der Waals surface area contributed by atoms with E-state index < -0.39 is 0 Å². The molecule has 1 aromatic carbocycles. The molecule has 0 aromatic heterocycles. The lowest BCUT2D eigenvalue weighted by Gasteiger charge is -2.21. The van der Waals surface area contributed by atoms with Gasteiger partial charge in [0.05, 0.1) is 10.7 Å². The number of methoxy groups -OCH3 is 1. The summed E-state index contributed by atoms with van der Waals surface area (Å²) in [4.78, 5) is 0. The van der Waals surface area contributed by atoms with Crippen molar-refractivity contribution >= 4 is 35.0 Å². The fourth-order valence-electron chi connectivity index (χ4n) is 1.46. The fourth-order valence-corrected chi connectivity index (χ4v) is 2.37. The number of hydrogen-bond donors (Lipinski definition) is 1. The molecule has 0 saturated carbocycles. The summed E-state index contributed by atoms with van der Waals surface area (Å²) in [5.74, 6) is 0.908. The lowest BCUT2D eigenvalue weighted by Crippen LogP contribution is -2.13. The molecule has 0 spiro atoms. The zero-order valence-corrected chi connectivity index (χ0v) is 13.1. The molecule has 0 radical (unpaired) electrons. The summed E-state index contributed by atoms with van der Waals surface area (Å²) in [7, 11) is 1.69. The third-order valence-corrected chi connectivity index (χ3v) is 3.21. The lowest BCUT2D eigenvalue weighted by atomic mass is 9.86. The van der Waals surface area contributed by atoms with Crippen molar-refractivity contribution in [1.29, 1.82) is 0 Å². The Morgan fingerprint density at radius 2 is 1.88 bits per heavy atom. The summed E-state index contributed by atoms with van der Waals surface area (Å²) in [6, 6.07) is 4.31. The number of nitrogens with two attached hydrogens (primary N) is 1. The first-order valence-corrected chi connectivity index (χ1v) is 6.05. The van der Waals surface area contributed by atoms with E-state index in [2.05, 4.69) is 55.5 Å². The second-order valence-corrected chi connectivity index (χ2v) is 5.77. The minimum Gasteiger partial charge on any atom is -0.495 e. The topological polar surface area (TPSA) is 35.2 Å². The average Bonchev–Trinajstić information content (AvgIpc) is 2.15. The molecule has 92 valence electrons. The second-order valence-electron chi connectivity index (χ2n) is 4.60. The summed E-state index contributed by atoms with van der Waals surface area (Å²) in [6.45, 7) is 7.12. The molecular formula is C12H19ClINO. The van der Waals surface area contributed by atoms with Crippen LogP contribution in [-0.4, -0.2) is 7.11 Å². The molecule has 1 rings (SSSR count). The Morgan fingerprint density at radius 1 is 1.31 bits per heavy atom. The van der Waals surface area contributed by atoms with Crippen molar-refractivity contribution in [3.05, 3.63) is 26.8 Å². The molecule has 0 aliphatic heterocycles. The Bertz CT molecular complexity index is 361. The van der Waals surface area contributed by atoms with Crippen molar-refractivity contribution in [2.24, 2.45) is 5.73 Å². The van der Waals surface area contributed by atoms with Crippen LogP contribution in [-0.2, 0) is 12.0 Å². The van der Waals surface area contributed by atoms with Gasteiger partial charge in [0.2, 0.25) is 0 Å². The SMILES string of the molecule is COc1c(I)cc(C(C)(C)C)cc1CN.Cl. The van der Waals surface area contributed by atoms with Crippen molar-refractivity contribution < 1.29 is 4.74 Å². The monoisotopic (exact) mass is 355 g/mol. The van der Waals surface area contributed by atoms with Gasteiger partial charge >= 0.3 is 0 Å². The van der Waals surface area contributed by atoms with Gasteiger partial charge in [-0.05, 0) is 39.6 Å². The summed E-state index contributed by atoms with van der Waals surface area (Å²) >= 11 is 2.29. The van der Waals surface area contributed by atoms with Crippen molar-refractivity contribution in [2.75, 3.05) is 7.11 Å². The summed E-state index contributed by atoms with van der Waals surface area (Å²) in [6.07, 6.45) is 0. The first-order chi connectivity index (χ1) is 6.90. The molecule has 0 aliphatic carbocycles. The van der Waals surface area contributed by atoms with Crippen LogP contribution >= 0.6 is 35.0 Å². The van der Waals surface area contributed by atoms with Crippen molar-refractivity contribution in [3.63, 3.8) is 0 Å². The van der Waals surface area contributed by atoms with Gasteiger partial charge in [-0.3, -0.25) is 0 Å². The van der Waals surface area contributed by atoms with Crippen LogP contribution in [0.5, 0.6) is 5.75 Å². The van der Waals surface area contributed by atoms with E-state index in [0.29, 0.717) is 6.54 Å². The highest BCUT2D eigenvalue weighted by atomic mass is 127. The van der Waals surface area contributed by atoms with Gasteiger partial charge in [-0.25, -0.2) is 0 Å². The van der Waals surface area contributed by atoms with E-state index in [-0.39, 0.29) is 17.8 Å². The molecule has 2 N–H and O–H groups in total. The zero-order valence-electron chi connectivity index (χ0n) is 10.1. The minimum atomic E-state index is 0. The molecule has 1 aromatic rings. The maximum atomic E-state index is 5.72. The molecular weight excluding hydrogens is 336 g/mol. The molecule has 0 aliphatic rings. The van der Waals surface area contributed by atoms with Crippen LogP contribution in [0, 0.1) is 3.57 Å². The van der Waals surface area contributed by atoms with Crippen molar-refractivity contribution in [2.45, 2.75) is 32.7 Å². The molecule has 4 heteroatoms. The molecule has 0 atom stereocenters. The van der Waals surface area contributed by atoms with Crippen LogP contribution in [0.4, 0.5) is 0 Å². The fraction of sp³-hybridized carbons (Fsp3) is 0.500. The second kappa shape index (κ2) is 6.07. The van der Waals surface area contributed by atoms with Gasteiger partial charge in [0, 0.05) is 12.1 Å². The van der Waals surface area contributed by atoms with E-state index in [1.807, 2.05) is 0 Å². The van der Waals surface area contributed by atoms with E-state index in [1.54, 1.807) is 7.11 Å². The van der Waals surface area contributed by atoms with E-state index in [0.717, 1.165) is 14.9 Å². The molecule has 0 bridgehead atoms. The minimum absolute atomic E-state index is 0. The first-order valence-electron chi connectivity index (χ1n) is 4.97. The Labute approximate surface area is 117 Å². The molecule has 0 unspecified atom stereocenters. The number of halogens is 2. The normalized spacial score (nSPS) is 10.9. The number of benzene rings is 1. The van der Waals surface area contributed by atoms with Crippen LogP contribution in [0.3, 0.4) is 0 Å². The largest absolute Gasteiger partial charge is 0.495 e. The highest BCUT2D eigenvalue weighted by molar-refractivity contribution is 14.1. The van der Waals surface area contributed by atoms with Gasteiger partial charge in [0.1, 0.15) is 5.75 Å². The smallest absolute Gasteiger partial charge is 0.136 e. The quantitative estimate of drug-likeness (QED) is 0.824. The zero-order chi connectivity index (χ0) is 11.6. The Morgan fingerprint density at radius 3 is 2.25 bits per heavy atom. The lowest BCUT2D eigenvalue weighted by molar-refractivity contribution is 0.406. The van der Waals surface area contributed by atoms with E-state index in [1.165, 1.54) is 5.56 Å². The Balaban J connectivity index is 0.00000225. The van der Waals surface area contributed by atoms with Gasteiger partial charge in [0.25, 0.3) is 0 Å². The Hall–Kier alpha value is -0.0000000000000000555.